The van der Waals surface area contributed by atoms with Gasteiger partial charge < -0.3 is 5.32 Å². The van der Waals surface area contributed by atoms with E-state index >= 15 is 0 Å². The van der Waals surface area contributed by atoms with Gasteiger partial charge in [-0.2, -0.15) is 0 Å². The normalized spacial score (nSPS) is 18.5. The van der Waals surface area contributed by atoms with Gasteiger partial charge in [0.2, 0.25) is 0 Å². The van der Waals surface area contributed by atoms with E-state index in [0.717, 1.165) is 27.1 Å². The average Bonchev–Trinajstić information content (AvgIpc) is 2.92. The summed E-state index contributed by atoms with van der Waals surface area (Å²) in [5.41, 5.74) is 2.07. The summed E-state index contributed by atoms with van der Waals surface area (Å²) in [6, 6.07) is 7.74. The van der Waals surface area contributed by atoms with E-state index in [-0.39, 0.29) is 6.04 Å². The van der Waals surface area contributed by atoms with Gasteiger partial charge in [0.25, 0.3) is 0 Å². The van der Waals surface area contributed by atoms with Crippen LogP contribution in [0, 0.1) is 0 Å². The van der Waals surface area contributed by atoms with E-state index in [2.05, 4.69) is 16.4 Å². The molecule has 1 unspecified atom stereocenters. The molecule has 96 valence electrons. The first kappa shape index (κ1) is 12.4. The van der Waals surface area contributed by atoms with E-state index in [1.165, 1.54) is 0 Å². The summed E-state index contributed by atoms with van der Waals surface area (Å²) in [6.45, 7) is 2.02. The fourth-order valence-corrected chi connectivity index (χ4v) is 2.83. The van der Waals surface area contributed by atoms with Crippen LogP contribution < -0.4 is 5.32 Å². The number of nitrogens with one attached hydrogen (secondary N) is 1. The van der Waals surface area contributed by atoms with Crippen LogP contribution in [0.2, 0.25) is 5.02 Å². The average molecular weight is 290 g/mol. The number of thiazole rings is 1. The number of hydrogen-bond donors (Lipinski definition) is 1. The van der Waals surface area contributed by atoms with E-state index in [4.69, 9.17) is 16.6 Å². The fraction of sp³-hybridized carbons (Fsp3) is 0.143. The first-order valence-corrected chi connectivity index (χ1v) is 7.17. The lowest BCUT2D eigenvalue weighted by molar-refractivity contribution is 0.844. The van der Waals surface area contributed by atoms with Crippen LogP contribution in [0.3, 0.4) is 0 Å². The SMILES string of the molecule is CC1=CC(c2ccccc2Cl)N=C(c2nccs2)N1. The molecule has 0 amide bonds. The number of hydrogen-bond acceptors (Lipinski definition) is 4. The summed E-state index contributed by atoms with van der Waals surface area (Å²) in [7, 11) is 0. The topological polar surface area (TPSA) is 37.3 Å². The number of aromatic nitrogens is 1. The number of benzene rings is 1. The molecule has 0 spiro atoms. The minimum Gasteiger partial charge on any atom is -0.342 e. The highest BCUT2D eigenvalue weighted by Gasteiger charge is 2.19. The molecule has 0 saturated carbocycles. The lowest BCUT2D eigenvalue weighted by atomic mass is 10.1. The predicted octanol–water partition coefficient (Wildman–Crippen LogP) is 3.79. The highest BCUT2D eigenvalue weighted by Crippen LogP contribution is 2.29. The van der Waals surface area contributed by atoms with Crippen LogP contribution in [0.5, 0.6) is 0 Å². The third kappa shape index (κ3) is 2.55. The third-order valence-electron chi connectivity index (χ3n) is 2.85. The Balaban J connectivity index is 2.01. The molecule has 3 nitrogen and oxygen atoms in total. The zero-order valence-electron chi connectivity index (χ0n) is 10.3. The molecular formula is C14H12ClN3S. The van der Waals surface area contributed by atoms with Gasteiger partial charge in [0, 0.05) is 22.3 Å². The Labute approximate surface area is 120 Å². The Morgan fingerprint density at radius 2 is 2.16 bits per heavy atom. The Kier molecular flexibility index (Phi) is 3.36. The Hall–Kier alpha value is -1.65. The summed E-state index contributed by atoms with van der Waals surface area (Å²) >= 11 is 7.81. The fourth-order valence-electron chi connectivity index (χ4n) is 2.00. The van der Waals surface area contributed by atoms with Crippen molar-refractivity contribution in [1.82, 2.24) is 10.3 Å². The molecule has 0 aliphatic carbocycles. The molecule has 1 N–H and O–H groups in total. The van der Waals surface area contributed by atoms with Crippen molar-refractivity contribution in [2.75, 3.05) is 0 Å². The van der Waals surface area contributed by atoms with E-state index in [1.807, 2.05) is 36.6 Å². The molecule has 1 aliphatic rings. The lowest BCUT2D eigenvalue weighted by Gasteiger charge is -2.20. The molecule has 2 heterocycles. The highest BCUT2D eigenvalue weighted by atomic mass is 35.5. The van der Waals surface area contributed by atoms with Gasteiger partial charge in [0.1, 0.15) is 0 Å². The summed E-state index contributed by atoms with van der Waals surface area (Å²) in [6.07, 6.45) is 3.85. The quantitative estimate of drug-likeness (QED) is 0.913. The standard InChI is InChI=1S/C14H12ClN3S/c1-9-8-12(10-4-2-3-5-11(10)15)18-13(17-9)14-16-6-7-19-14/h2-8,12H,1H3,(H,17,18). The molecule has 0 saturated heterocycles. The largest absolute Gasteiger partial charge is 0.342 e. The maximum Gasteiger partial charge on any atom is 0.162 e. The van der Waals surface area contributed by atoms with Crippen LogP contribution in [0.25, 0.3) is 0 Å². The molecule has 2 aromatic rings. The molecule has 1 aromatic carbocycles. The van der Waals surface area contributed by atoms with Crippen molar-refractivity contribution in [3.63, 3.8) is 0 Å². The van der Waals surface area contributed by atoms with Crippen molar-refractivity contribution < 1.29 is 0 Å². The Morgan fingerprint density at radius 3 is 2.89 bits per heavy atom. The minimum atomic E-state index is -0.0613. The summed E-state index contributed by atoms with van der Waals surface area (Å²) in [5.74, 6) is 0.805. The van der Waals surface area contributed by atoms with Crippen LogP contribution in [-0.4, -0.2) is 10.8 Å². The van der Waals surface area contributed by atoms with E-state index < -0.39 is 0 Å². The van der Waals surface area contributed by atoms with Gasteiger partial charge >= 0.3 is 0 Å². The monoisotopic (exact) mass is 289 g/mol. The van der Waals surface area contributed by atoms with Crippen molar-refractivity contribution in [3.05, 3.63) is 63.2 Å². The van der Waals surface area contributed by atoms with Gasteiger partial charge in [-0.05, 0) is 24.6 Å². The summed E-state index contributed by atoms with van der Waals surface area (Å²) < 4.78 is 0. The maximum absolute atomic E-state index is 6.25. The number of aliphatic imine (C=N–C) groups is 1. The van der Waals surface area contributed by atoms with Crippen LogP contribution in [0.15, 0.2) is 52.6 Å². The molecule has 1 atom stereocenters. The van der Waals surface area contributed by atoms with E-state index in [1.54, 1.807) is 17.5 Å². The van der Waals surface area contributed by atoms with Gasteiger partial charge in [0.15, 0.2) is 10.8 Å². The maximum atomic E-state index is 6.25. The number of rotatable bonds is 2. The smallest absolute Gasteiger partial charge is 0.162 e. The zero-order chi connectivity index (χ0) is 13.2. The van der Waals surface area contributed by atoms with E-state index in [0.29, 0.717) is 0 Å². The number of nitrogens with zero attached hydrogens (tertiary/aromatic N) is 2. The van der Waals surface area contributed by atoms with Gasteiger partial charge in [-0.3, -0.25) is 4.99 Å². The molecule has 1 aliphatic heterocycles. The third-order valence-corrected chi connectivity index (χ3v) is 3.97. The Morgan fingerprint density at radius 1 is 1.32 bits per heavy atom. The van der Waals surface area contributed by atoms with Crippen molar-refractivity contribution >= 4 is 28.8 Å². The molecule has 5 heteroatoms. The van der Waals surface area contributed by atoms with Gasteiger partial charge in [-0.15, -0.1) is 11.3 Å². The Bertz CT molecular complexity index is 646. The number of amidine groups is 1. The molecule has 0 bridgehead atoms. The molecular weight excluding hydrogens is 278 g/mol. The van der Waals surface area contributed by atoms with Crippen molar-refractivity contribution in [2.45, 2.75) is 13.0 Å². The van der Waals surface area contributed by atoms with Gasteiger partial charge in [-0.25, -0.2) is 4.98 Å². The number of halogens is 1. The van der Waals surface area contributed by atoms with Crippen LogP contribution in [0.4, 0.5) is 0 Å². The lowest BCUT2D eigenvalue weighted by Crippen LogP contribution is -2.27. The first-order chi connectivity index (χ1) is 9.24. The van der Waals surface area contributed by atoms with Crippen molar-refractivity contribution in [2.24, 2.45) is 4.99 Å². The minimum absolute atomic E-state index is 0.0613. The summed E-state index contributed by atoms with van der Waals surface area (Å²) in [4.78, 5) is 8.99. The van der Waals surface area contributed by atoms with Crippen LogP contribution in [0.1, 0.15) is 23.5 Å². The van der Waals surface area contributed by atoms with Gasteiger partial charge in [-0.1, -0.05) is 29.8 Å². The van der Waals surface area contributed by atoms with Gasteiger partial charge in [0.05, 0.1) is 6.04 Å². The van der Waals surface area contributed by atoms with Crippen LogP contribution >= 0.6 is 22.9 Å². The predicted molar refractivity (Wildman–Crippen MR) is 79.7 cm³/mol. The van der Waals surface area contributed by atoms with Crippen LogP contribution in [-0.2, 0) is 0 Å². The second-order valence-corrected chi connectivity index (χ2v) is 5.56. The van der Waals surface area contributed by atoms with Crippen molar-refractivity contribution in [1.29, 1.82) is 0 Å². The molecule has 3 rings (SSSR count). The second-order valence-electron chi connectivity index (χ2n) is 4.26. The molecule has 1 aromatic heterocycles. The number of allylic oxidation sites excluding steroid dienone is 1. The highest BCUT2D eigenvalue weighted by molar-refractivity contribution is 7.11. The first-order valence-electron chi connectivity index (χ1n) is 5.91. The molecule has 0 fully saturated rings. The van der Waals surface area contributed by atoms with E-state index in [9.17, 15) is 0 Å². The summed E-state index contributed by atoms with van der Waals surface area (Å²) in [5, 5.41) is 6.83. The zero-order valence-corrected chi connectivity index (χ0v) is 11.9. The molecule has 0 radical (unpaired) electrons. The second kappa shape index (κ2) is 5.15. The molecule has 19 heavy (non-hydrogen) atoms. The van der Waals surface area contributed by atoms with Crippen molar-refractivity contribution in [3.8, 4) is 0 Å².